The largest absolute Gasteiger partial charge is 0.444 e. The summed E-state index contributed by atoms with van der Waals surface area (Å²) < 4.78 is 45.4. The third-order valence-corrected chi connectivity index (χ3v) is 3.39. The number of halogens is 3. The van der Waals surface area contributed by atoms with Crippen LogP contribution in [-0.2, 0) is 12.7 Å². The smallest absolute Gasteiger partial charge is 0.416 e. The molecule has 0 saturated carbocycles. The molecule has 3 aromatic rings. The van der Waals surface area contributed by atoms with Gasteiger partial charge in [0.1, 0.15) is 12.3 Å². The normalized spacial score (nSPS) is 12.2. The molecule has 4 nitrogen and oxygen atoms in total. The quantitative estimate of drug-likeness (QED) is 0.726. The van der Waals surface area contributed by atoms with Crippen molar-refractivity contribution in [1.29, 1.82) is 0 Å². The van der Waals surface area contributed by atoms with Gasteiger partial charge in [-0.3, -0.25) is 0 Å². The van der Waals surface area contributed by atoms with E-state index in [1.54, 1.807) is 17.7 Å². The first kappa shape index (κ1) is 13.9. The zero-order chi connectivity index (χ0) is 15.2. The Morgan fingerprint density at radius 3 is 2.76 bits per heavy atom. The number of oxazole rings is 1. The standard InChI is InChI=1S/C13H10F3N3OS/c1-7-5-17-11(20-7)6-19-10-3-2-8(13(14,15)16)4-9(10)18-12(19)21/h2-5H,6H2,1H3,(H,18,21). The lowest BCUT2D eigenvalue weighted by Gasteiger charge is -2.06. The Morgan fingerprint density at radius 1 is 1.38 bits per heavy atom. The van der Waals surface area contributed by atoms with E-state index in [0.29, 0.717) is 27.5 Å². The van der Waals surface area contributed by atoms with E-state index in [2.05, 4.69) is 9.97 Å². The number of benzene rings is 1. The Labute approximate surface area is 122 Å². The summed E-state index contributed by atoms with van der Waals surface area (Å²) in [6, 6.07) is 3.46. The van der Waals surface area contributed by atoms with Gasteiger partial charge in [-0.1, -0.05) is 0 Å². The predicted octanol–water partition coefficient (Wildman–Crippen LogP) is 4.06. The zero-order valence-corrected chi connectivity index (χ0v) is 11.7. The minimum absolute atomic E-state index is 0.262. The molecule has 3 rings (SSSR count). The van der Waals surface area contributed by atoms with Gasteiger partial charge < -0.3 is 14.0 Å². The first-order chi connectivity index (χ1) is 9.84. The highest BCUT2D eigenvalue weighted by Crippen LogP contribution is 2.31. The molecule has 8 heteroatoms. The molecule has 0 spiro atoms. The molecule has 0 aliphatic carbocycles. The van der Waals surface area contributed by atoms with E-state index in [9.17, 15) is 13.2 Å². The molecule has 2 aromatic heterocycles. The van der Waals surface area contributed by atoms with Crippen LogP contribution in [0.5, 0.6) is 0 Å². The maximum Gasteiger partial charge on any atom is 0.416 e. The summed E-state index contributed by atoms with van der Waals surface area (Å²) in [7, 11) is 0. The summed E-state index contributed by atoms with van der Waals surface area (Å²) in [5.41, 5.74) is 0.187. The Balaban J connectivity index is 2.07. The van der Waals surface area contributed by atoms with Crippen molar-refractivity contribution in [2.45, 2.75) is 19.6 Å². The van der Waals surface area contributed by atoms with Crippen LogP contribution in [0.2, 0.25) is 0 Å². The Morgan fingerprint density at radius 2 is 2.14 bits per heavy atom. The van der Waals surface area contributed by atoms with Crippen molar-refractivity contribution in [3.63, 3.8) is 0 Å². The molecule has 0 bridgehead atoms. The van der Waals surface area contributed by atoms with Crippen LogP contribution in [0.1, 0.15) is 17.2 Å². The van der Waals surface area contributed by atoms with Crippen LogP contribution in [0, 0.1) is 11.7 Å². The van der Waals surface area contributed by atoms with Crippen LogP contribution >= 0.6 is 12.2 Å². The molecule has 0 amide bonds. The number of alkyl halides is 3. The number of fused-ring (bicyclic) bond motifs is 1. The Kier molecular flexibility index (Phi) is 3.12. The number of aromatic amines is 1. The van der Waals surface area contributed by atoms with Crippen molar-refractivity contribution < 1.29 is 17.6 Å². The molecule has 0 unspecified atom stereocenters. The predicted molar refractivity (Wildman–Crippen MR) is 72.5 cm³/mol. The lowest BCUT2D eigenvalue weighted by molar-refractivity contribution is -0.137. The average Bonchev–Trinajstić information content (AvgIpc) is 2.93. The summed E-state index contributed by atoms with van der Waals surface area (Å²) in [5.74, 6) is 1.11. The molecule has 0 saturated heterocycles. The first-order valence-electron chi connectivity index (χ1n) is 6.05. The monoisotopic (exact) mass is 313 g/mol. The molecular formula is C13H10F3N3OS. The molecule has 0 fully saturated rings. The van der Waals surface area contributed by atoms with Crippen molar-refractivity contribution in [1.82, 2.24) is 14.5 Å². The second kappa shape index (κ2) is 4.73. The summed E-state index contributed by atoms with van der Waals surface area (Å²) in [5, 5.41) is 0. The Bertz CT molecular complexity index is 860. The molecule has 0 radical (unpaired) electrons. The lowest BCUT2D eigenvalue weighted by atomic mass is 10.2. The van der Waals surface area contributed by atoms with Gasteiger partial charge in [0.25, 0.3) is 0 Å². The topological polar surface area (TPSA) is 46.8 Å². The fourth-order valence-electron chi connectivity index (χ4n) is 2.11. The van der Waals surface area contributed by atoms with Gasteiger partial charge in [0.05, 0.1) is 22.8 Å². The van der Waals surface area contributed by atoms with Crippen molar-refractivity contribution in [3.05, 3.63) is 46.4 Å². The Hall–Kier alpha value is -2.09. The maximum absolute atomic E-state index is 12.7. The molecule has 1 aromatic carbocycles. The molecule has 0 aliphatic rings. The third kappa shape index (κ3) is 2.58. The summed E-state index contributed by atoms with van der Waals surface area (Å²) in [6.07, 6.45) is -2.80. The number of aromatic nitrogens is 3. The van der Waals surface area contributed by atoms with Crippen molar-refractivity contribution >= 4 is 23.3 Å². The van der Waals surface area contributed by atoms with E-state index >= 15 is 0 Å². The van der Waals surface area contributed by atoms with Gasteiger partial charge in [0, 0.05) is 0 Å². The lowest BCUT2D eigenvalue weighted by Crippen LogP contribution is -2.04. The third-order valence-electron chi connectivity index (χ3n) is 3.06. The SMILES string of the molecule is Cc1cnc(Cn2c(=S)[nH]c3cc(C(F)(F)F)ccc32)o1. The van der Waals surface area contributed by atoms with Crippen molar-refractivity contribution in [2.75, 3.05) is 0 Å². The van der Waals surface area contributed by atoms with E-state index < -0.39 is 11.7 Å². The zero-order valence-electron chi connectivity index (χ0n) is 10.9. The molecular weight excluding hydrogens is 303 g/mol. The molecule has 1 N–H and O–H groups in total. The number of H-pyrrole nitrogens is 1. The minimum atomic E-state index is -4.38. The average molecular weight is 313 g/mol. The van der Waals surface area contributed by atoms with Crippen LogP contribution in [0.15, 0.2) is 28.8 Å². The highest BCUT2D eigenvalue weighted by molar-refractivity contribution is 7.71. The molecule has 110 valence electrons. The maximum atomic E-state index is 12.7. The first-order valence-corrected chi connectivity index (χ1v) is 6.46. The van der Waals surface area contributed by atoms with E-state index in [4.69, 9.17) is 16.6 Å². The molecule has 0 aliphatic heterocycles. The number of aryl methyl sites for hydroxylation is 1. The van der Waals surface area contributed by atoms with Gasteiger partial charge in [-0.25, -0.2) is 4.98 Å². The second-order valence-electron chi connectivity index (χ2n) is 4.61. The van der Waals surface area contributed by atoms with Crippen LogP contribution in [0.25, 0.3) is 11.0 Å². The highest BCUT2D eigenvalue weighted by atomic mass is 32.1. The second-order valence-corrected chi connectivity index (χ2v) is 5.00. The summed E-state index contributed by atoms with van der Waals surface area (Å²) in [6.45, 7) is 2.03. The summed E-state index contributed by atoms with van der Waals surface area (Å²) in [4.78, 5) is 6.84. The number of nitrogens with one attached hydrogen (secondary N) is 1. The van der Waals surface area contributed by atoms with Gasteiger partial charge in [-0.05, 0) is 37.3 Å². The molecule has 21 heavy (non-hydrogen) atoms. The van der Waals surface area contributed by atoms with E-state index in [0.717, 1.165) is 12.1 Å². The van der Waals surface area contributed by atoms with Gasteiger partial charge in [-0.2, -0.15) is 13.2 Å². The van der Waals surface area contributed by atoms with E-state index in [-0.39, 0.29) is 6.54 Å². The number of nitrogens with zero attached hydrogens (tertiary/aromatic N) is 2. The van der Waals surface area contributed by atoms with Gasteiger partial charge in [-0.15, -0.1) is 0 Å². The summed E-state index contributed by atoms with van der Waals surface area (Å²) >= 11 is 5.15. The van der Waals surface area contributed by atoms with E-state index in [1.807, 2.05) is 0 Å². The van der Waals surface area contributed by atoms with Gasteiger partial charge in [0.15, 0.2) is 4.77 Å². The van der Waals surface area contributed by atoms with Crippen molar-refractivity contribution in [3.8, 4) is 0 Å². The van der Waals surface area contributed by atoms with Crippen LogP contribution in [0.3, 0.4) is 0 Å². The minimum Gasteiger partial charge on any atom is -0.444 e. The fourth-order valence-corrected chi connectivity index (χ4v) is 2.38. The van der Waals surface area contributed by atoms with Gasteiger partial charge in [0.2, 0.25) is 5.89 Å². The molecule has 2 heterocycles. The number of imidazole rings is 1. The fraction of sp³-hybridized carbons (Fsp3) is 0.231. The van der Waals surface area contributed by atoms with Crippen LogP contribution in [-0.4, -0.2) is 14.5 Å². The number of hydrogen-bond donors (Lipinski definition) is 1. The van der Waals surface area contributed by atoms with Crippen LogP contribution < -0.4 is 0 Å². The van der Waals surface area contributed by atoms with Crippen molar-refractivity contribution in [2.24, 2.45) is 0 Å². The number of rotatable bonds is 2. The van der Waals surface area contributed by atoms with Gasteiger partial charge >= 0.3 is 6.18 Å². The number of hydrogen-bond acceptors (Lipinski definition) is 3. The highest BCUT2D eigenvalue weighted by Gasteiger charge is 2.30. The van der Waals surface area contributed by atoms with Crippen LogP contribution in [0.4, 0.5) is 13.2 Å². The van der Waals surface area contributed by atoms with E-state index in [1.165, 1.54) is 6.07 Å². The molecule has 0 atom stereocenters.